The van der Waals surface area contributed by atoms with Gasteiger partial charge in [-0.05, 0) is 12.2 Å². The van der Waals surface area contributed by atoms with E-state index in [0.717, 1.165) is 12.2 Å². The van der Waals surface area contributed by atoms with Gasteiger partial charge >= 0.3 is 5.69 Å². The summed E-state index contributed by atoms with van der Waals surface area (Å²) in [6, 6.07) is 0. The Hall–Kier alpha value is -1.63. The van der Waals surface area contributed by atoms with Crippen molar-refractivity contribution in [2.24, 2.45) is 0 Å². The standard InChI is InChI=1S/C8H10N4O2S/c1-2-5-3-9-6(14-5)4-12-7(13)10-11-8(12)15/h3H,2,4H2,1H3,(H,10,13)(H,11,15). The minimum Gasteiger partial charge on any atom is -0.444 e. The molecule has 0 spiro atoms. The highest BCUT2D eigenvalue weighted by Crippen LogP contribution is 2.04. The number of aromatic amines is 2. The van der Waals surface area contributed by atoms with E-state index in [1.807, 2.05) is 6.92 Å². The Morgan fingerprint density at radius 2 is 2.40 bits per heavy atom. The number of oxazole rings is 1. The van der Waals surface area contributed by atoms with Gasteiger partial charge in [0.15, 0.2) is 4.77 Å². The first kappa shape index (κ1) is 9.91. The molecule has 2 rings (SSSR count). The number of rotatable bonds is 3. The van der Waals surface area contributed by atoms with Crippen molar-refractivity contribution in [3.8, 4) is 0 Å². The molecular weight excluding hydrogens is 216 g/mol. The van der Waals surface area contributed by atoms with Gasteiger partial charge in [-0.1, -0.05) is 6.92 Å². The second kappa shape index (κ2) is 3.85. The summed E-state index contributed by atoms with van der Waals surface area (Å²) in [7, 11) is 0. The molecule has 0 aliphatic heterocycles. The van der Waals surface area contributed by atoms with Crippen molar-refractivity contribution in [3.05, 3.63) is 33.1 Å². The number of nitrogens with zero attached hydrogens (tertiary/aromatic N) is 2. The molecule has 0 atom stereocenters. The molecule has 0 bridgehead atoms. The summed E-state index contributed by atoms with van der Waals surface area (Å²) in [6.45, 7) is 2.22. The Morgan fingerprint density at radius 3 is 2.93 bits per heavy atom. The van der Waals surface area contributed by atoms with Gasteiger partial charge in [0.1, 0.15) is 12.3 Å². The fourth-order valence-electron chi connectivity index (χ4n) is 1.20. The van der Waals surface area contributed by atoms with Crippen LogP contribution in [-0.2, 0) is 13.0 Å². The second-order valence-electron chi connectivity index (χ2n) is 3.02. The Bertz CT molecular complexity index is 534. The van der Waals surface area contributed by atoms with E-state index in [2.05, 4.69) is 15.2 Å². The molecule has 2 heterocycles. The number of aryl methyl sites for hydroxylation is 1. The third kappa shape index (κ3) is 1.91. The van der Waals surface area contributed by atoms with Crippen molar-refractivity contribution in [1.82, 2.24) is 19.7 Å². The zero-order chi connectivity index (χ0) is 10.8. The van der Waals surface area contributed by atoms with Gasteiger partial charge in [-0.2, -0.15) is 0 Å². The van der Waals surface area contributed by atoms with Gasteiger partial charge < -0.3 is 4.42 Å². The van der Waals surface area contributed by atoms with Gasteiger partial charge in [0, 0.05) is 6.42 Å². The molecule has 80 valence electrons. The predicted octanol–water partition coefficient (Wildman–Crippen LogP) is 0.833. The summed E-state index contributed by atoms with van der Waals surface area (Å²) in [6.07, 6.45) is 2.43. The topological polar surface area (TPSA) is 79.6 Å². The molecule has 0 amide bonds. The first-order valence-electron chi connectivity index (χ1n) is 4.51. The van der Waals surface area contributed by atoms with Crippen molar-refractivity contribution in [1.29, 1.82) is 0 Å². The zero-order valence-electron chi connectivity index (χ0n) is 8.11. The molecule has 0 aliphatic carbocycles. The molecule has 0 radical (unpaired) electrons. The van der Waals surface area contributed by atoms with Crippen LogP contribution in [0, 0.1) is 4.77 Å². The summed E-state index contributed by atoms with van der Waals surface area (Å²) < 4.78 is 7.05. The Morgan fingerprint density at radius 1 is 1.60 bits per heavy atom. The lowest BCUT2D eigenvalue weighted by Gasteiger charge is -1.94. The van der Waals surface area contributed by atoms with Crippen LogP contribution in [0.1, 0.15) is 18.6 Å². The highest BCUT2D eigenvalue weighted by atomic mass is 32.1. The molecule has 0 fully saturated rings. The summed E-state index contributed by atoms with van der Waals surface area (Å²) >= 11 is 4.91. The second-order valence-corrected chi connectivity index (χ2v) is 3.41. The van der Waals surface area contributed by atoms with E-state index in [0.29, 0.717) is 10.7 Å². The van der Waals surface area contributed by atoms with Crippen LogP contribution in [0.25, 0.3) is 0 Å². The van der Waals surface area contributed by atoms with Gasteiger partial charge in [-0.3, -0.25) is 9.67 Å². The maximum atomic E-state index is 11.3. The van der Waals surface area contributed by atoms with Crippen LogP contribution >= 0.6 is 12.2 Å². The molecule has 6 nitrogen and oxygen atoms in total. The van der Waals surface area contributed by atoms with E-state index >= 15 is 0 Å². The summed E-state index contributed by atoms with van der Waals surface area (Å²) in [5.74, 6) is 1.27. The monoisotopic (exact) mass is 226 g/mol. The van der Waals surface area contributed by atoms with E-state index in [4.69, 9.17) is 16.6 Å². The Kier molecular flexibility index (Phi) is 2.55. The molecule has 2 aromatic heterocycles. The number of nitrogens with one attached hydrogen (secondary N) is 2. The Balaban J connectivity index is 2.29. The molecule has 2 N–H and O–H groups in total. The van der Waals surface area contributed by atoms with E-state index < -0.39 is 0 Å². The molecule has 0 saturated heterocycles. The smallest absolute Gasteiger partial charge is 0.342 e. The maximum Gasteiger partial charge on any atom is 0.342 e. The van der Waals surface area contributed by atoms with Crippen LogP contribution in [0.2, 0.25) is 0 Å². The van der Waals surface area contributed by atoms with Gasteiger partial charge in [-0.25, -0.2) is 14.9 Å². The highest BCUT2D eigenvalue weighted by Gasteiger charge is 2.06. The normalized spacial score (nSPS) is 10.7. The molecule has 15 heavy (non-hydrogen) atoms. The fraction of sp³-hybridized carbons (Fsp3) is 0.375. The van der Waals surface area contributed by atoms with Crippen LogP contribution in [-0.4, -0.2) is 19.7 Å². The van der Waals surface area contributed by atoms with Gasteiger partial charge in [0.25, 0.3) is 0 Å². The van der Waals surface area contributed by atoms with E-state index in [-0.39, 0.29) is 12.2 Å². The van der Waals surface area contributed by atoms with Crippen LogP contribution in [0.15, 0.2) is 15.4 Å². The minimum absolute atomic E-state index is 0.248. The van der Waals surface area contributed by atoms with Crippen molar-refractivity contribution < 1.29 is 4.42 Å². The summed E-state index contributed by atoms with van der Waals surface area (Å²) in [5, 5.41) is 4.94. The number of H-pyrrole nitrogens is 2. The summed E-state index contributed by atoms with van der Waals surface area (Å²) in [4.78, 5) is 15.3. The lowest BCUT2D eigenvalue weighted by molar-refractivity contribution is 0.443. The lowest BCUT2D eigenvalue weighted by Crippen LogP contribution is -2.17. The van der Waals surface area contributed by atoms with Crippen LogP contribution < -0.4 is 5.69 Å². The fourth-order valence-corrected chi connectivity index (χ4v) is 1.40. The quantitative estimate of drug-likeness (QED) is 0.760. The SMILES string of the molecule is CCc1cnc(Cn2c(=O)[nH][nH]c2=S)o1. The van der Waals surface area contributed by atoms with Crippen molar-refractivity contribution in [3.63, 3.8) is 0 Å². The van der Waals surface area contributed by atoms with Gasteiger partial charge in [0.2, 0.25) is 5.89 Å². The first-order valence-corrected chi connectivity index (χ1v) is 4.92. The van der Waals surface area contributed by atoms with Gasteiger partial charge in [0.05, 0.1) is 6.20 Å². The van der Waals surface area contributed by atoms with Crippen molar-refractivity contribution in [2.75, 3.05) is 0 Å². The van der Waals surface area contributed by atoms with E-state index in [9.17, 15) is 4.79 Å². The number of hydrogen-bond donors (Lipinski definition) is 2. The third-order valence-corrected chi connectivity index (χ3v) is 2.33. The van der Waals surface area contributed by atoms with Crippen LogP contribution in [0.4, 0.5) is 0 Å². The third-order valence-electron chi connectivity index (χ3n) is 2.01. The molecule has 0 aromatic carbocycles. The largest absolute Gasteiger partial charge is 0.444 e. The zero-order valence-corrected chi connectivity index (χ0v) is 8.93. The molecule has 2 aromatic rings. The van der Waals surface area contributed by atoms with Crippen LogP contribution in [0.3, 0.4) is 0 Å². The van der Waals surface area contributed by atoms with Crippen molar-refractivity contribution >= 4 is 12.2 Å². The molecule has 7 heteroatoms. The minimum atomic E-state index is -0.295. The highest BCUT2D eigenvalue weighted by molar-refractivity contribution is 7.71. The van der Waals surface area contributed by atoms with Crippen LogP contribution in [0.5, 0.6) is 0 Å². The molecule has 0 aliphatic rings. The number of aromatic nitrogens is 4. The maximum absolute atomic E-state index is 11.3. The number of hydrogen-bond acceptors (Lipinski definition) is 4. The predicted molar refractivity (Wildman–Crippen MR) is 55.2 cm³/mol. The van der Waals surface area contributed by atoms with E-state index in [1.54, 1.807) is 6.20 Å². The van der Waals surface area contributed by atoms with Gasteiger partial charge in [-0.15, -0.1) is 0 Å². The Labute approximate surface area is 89.9 Å². The summed E-state index contributed by atoms with van der Waals surface area (Å²) in [5.41, 5.74) is -0.295. The average Bonchev–Trinajstić information content (AvgIpc) is 2.80. The lowest BCUT2D eigenvalue weighted by atomic mass is 10.4. The first-order chi connectivity index (χ1) is 7.20. The van der Waals surface area contributed by atoms with E-state index in [1.165, 1.54) is 4.57 Å². The molecule has 0 unspecified atom stereocenters. The van der Waals surface area contributed by atoms with Crippen molar-refractivity contribution in [2.45, 2.75) is 19.9 Å². The average molecular weight is 226 g/mol. The molecule has 0 saturated carbocycles. The molecular formula is C8H10N4O2S.